The molecule has 106 valence electrons. The Morgan fingerprint density at radius 3 is 2.50 bits per heavy atom. The number of H-pyrrole nitrogens is 1. The van der Waals surface area contributed by atoms with E-state index in [0.717, 1.165) is 0 Å². The maximum Gasteiger partial charge on any atom is 0.264 e. The highest BCUT2D eigenvalue weighted by atomic mass is 127. The molecule has 0 aromatic carbocycles. The Balaban J connectivity index is 2.70. The van der Waals surface area contributed by atoms with Crippen LogP contribution in [0.15, 0.2) is 17.1 Å². The molecular weight excluding hydrogens is 412 g/mol. The fraction of sp³-hybridized carbons (Fsp3) is 0.308. The van der Waals surface area contributed by atoms with Crippen molar-refractivity contribution in [3.05, 3.63) is 41.9 Å². The molecule has 0 spiro atoms. The molecule has 0 amide bonds. The van der Waals surface area contributed by atoms with E-state index in [1.54, 1.807) is 6.07 Å². The third-order valence-corrected chi connectivity index (χ3v) is 4.10. The minimum absolute atomic E-state index is 0.201. The van der Waals surface area contributed by atoms with Crippen LogP contribution in [0, 0.1) is 3.57 Å². The molecule has 7 heteroatoms. The molecule has 0 unspecified atom stereocenters. The topological polar surface area (TPSA) is 58.6 Å². The summed E-state index contributed by atoms with van der Waals surface area (Å²) in [6.45, 7) is 5.99. The molecule has 4 nitrogen and oxygen atoms in total. The van der Waals surface area contributed by atoms with Crippen molar-refractivity contribution in [1.29, 1.82) is 0 Å². The number of aromatic amines is 1. The number of rotatable bonds is 1. The molecule has 0 atom stereocenters. The summed E-state index contributed by atoms with van der Waals surface area (Å²) in [5.74, 6) is 0.349. The van der Waals surface area contributed by atoms with Gasteiger partial charge in [-0.2, -0.15) is 0 Å². The molecule has 0 saturated heterocycles. The lowest BCUT2D eigenvalue weighted by molar-refractivity contribution is 0.562. The predicted octanol–water partition coefficient (Wildman–Crippen LogP) is 4.04. The second kappa shape index (κ2) is 5.61. The van der Waals surface area contributed by atoms with Crippen molar-refractivity contribution >= 4 is 45.8 Å². The first-order valence-corrected chi connectivity index (χ1v) is 7.65. The van der Waals surface area contributed by atoms with Crippen molar-refractivity contribution in [2.24, 2.45) is 0 Å². The highest BCUT2D eigenvalue weighted by molar-refractivity contribution is 14.1. The van der Waals surface area contributed by atoms with Crippen molar-refractivity contribution in [2.75, 3.05) is 0 Å². The van der Waals surface area contributed by atoms with Gasteiger partial charge >= 0.3 is 0 Å². The zero-order valence-corrected chi connectivity index (χ0v) is 14.8. The first-order chi connectivity index (χ1) is 9.20. The summed E-state index contributed by atoms with van der Waals surface area (Å²) >= 11 is 13.9. The maximum absolute atomic E-state index is 12.1. The fourth-order valence-corrected chi connectivity index (χ4v) is 3.19. The van der Waals surface area contributed by atoms with E-state index >= 15 is 0 Å². The summed E-state index contributed by atoms with van der Waals surface area (Å²) in [6.07, 6.45) is 1.47. The van der Waals surface area contributed by atoms with E-state index in [2.05, 4.69) is 15.0 Å². The maximum atomic E-state index is 12.1. The second-order valence-corrected chi connectivity index (χ2v) is 7.23. The number of aromatic nitrogens is 3. The molecule has 2 aromatic heterocycles. The van der Waals surface area contributed by atoms with E-state index in [1.807, 2.05) is 43.4 Å². The van der Waals surface area contributed by atoms with E-state index in [9.17, 15) is 4.79 Å². The van der Waals surface area contributed by atoms with Gasteiger partial charge in [0, 0.05) is 11.6 Å². The Kier molecular flexibility index (Phi) is 4.41. The Labute approximate surface area is 140 Å². The van der Waals surface area contributed by atoms with Gasteiger partial charge in [-0.05, 0) is 28.7 Å². The lowest BCUT2D eigenvalue weighted by Crippen LogP contribution is -2.24. The van der Waals surface area contributed by atoms with Gasteiger partial charge in [0.2, 0.25) is 0 Å². The van der Waals surface area contributed by atoms with E-state index in [-0.39, 0.29) is 11.0 Å². The molecule has 0 aliphatic heterocycles. The van der Waals surface area contributed by atoms with E-state index in [0.29, 0.717) is 30.8 Å². The van der Waals surface area contributed by atoms with Gasteiger partial charge in [-0.3, -0.25) is 4.79 Å². The van der Waals surface area contributed by atoms with Gasteiger partial charge in [0.15, 0.2) is 5.82 Å². The second-order valence-electron chi connectivity index (χ2n) is 5.31. The van der Waals surface area contributed by atoms with Crippen molar-refractivity contribution in [3.63, 3.8) is 0 Å². The Morgan fingerprint density at radius 1 is 1.30 bits per heavy atom. The largest absolute Gasteiger partial charge is 0.304 e. The molecule has 0 aliphatic carbocycles. The van der Waals surface area contributed by atoms with Crippen LogP contribution in [-0.4, -0.2) is 15.0 Å². The predicted molar refractivity (Wildman–Crippen MR) is 89.5 cm³/mol. The van der Waals surface area contributed by atoms with Crippen molar-refractivity contribution in [2.45, 2.75) is 26.2 Å². The van der Waals surface area contributed by atoms with Gasteiger partial charge in [-0.1, -0.05) is 44.0 Å². The third-order valence-electron chi connectivity index (χ3n) is 2.61. The first kappa shape index (κ1) is 15.7. The van der Waals surface area contributed by atoms with Gasteiger partial charge in [-0.25, -0.2) is 9.97 Å². The van der Waals surface area contributed by atoms with Crippen molar-refractivity contribution in [3.8, 4) is 11.5 Å². The number of pyridine rings is 1. The summed E-state index contributed by atoms with van der Waals surface area (Å²) in [6, 6.07) is 1.57. The molecule has 2 rings (SSSR count). The summed E-state index contributed by atoms with van der Waals surface area (Å²) in [5.41, 5.74) is 0.673. The highest BCUT2D eigenvalue weighted by Crippen LogP contribution is 2.28. The van der Waals surface area contributed by atoms with Crippen LogP contribution in [0.5, 0.6) is 0 Å². The molecule has 2 aromatic rings. The van der Waals surface area contributed by atoms with Crippen LogP contribution in [0.2, 0.25) is 10.0 Å². The minimum atomic E-state index is -0.252. The van der Waals surface area contributed by atoms with Gasteiger partial charge in [-0.15, -0.1) is 0 Å². The summed E-state index contributed by atoms with van der Waals surface area (Å²) in [4.78, 5) is 23.4. The summed E-state index contributed by atoms with van der Waals surface area (Å²) in [7, 11) is 0. The quantitative estimate of drug-likeness (QED) is 0.704. The number of nitrogens with one attached hydrogen (secondary N) is 1. The molecule has 2 heterocycles. The van der Waals surface area contributed by atoms with E-state index in [1.165, 1.54) is 6.20 Å². The van der Waals surface area contributed by atoms with E-state index in [4.69, 9.17) is 23.2 Å². The first-order valence-electron chi connectivity index (χ1n) is 5.82. The van der Waals surface area contributed by atoms with Crippen molar-refractivity contribution < 1.29 is 0 Å². The Hall–Kier alpha value is -0.660. The minimum Gasteiger partial charge on any atom is -0.304 e. The smallest absolute Gasteiger partial charge is 0.264 e. The standard InChI is InChI=1S/C13H12Cl2IN3O/c1-13(2,3)10-8(16)12(20)19-11(18-10)9-7(15)4-6(14)5-17-9/h4-5H,1-3H3,(H,18,19,20). The normalized spacial score (nSPS) is 11.7. The molecular formula is C13H12Cl2IN3O. The average Bonchev–Trinajstić information content (AvgIpc) is 2.31. The van der Waals surface area contributed by atoms with Crippen LogP contribution in [-0.2, 0) is 5.41 Å². The lowest BCUT2D eigenvalue weighted by atomic mass is 9.92. The lowest BCUT2D eigenvalue weighted by Gasteiger charge is -2.19. The van der Waals surface area contributed by atoms with Crippen LogP contribution in [0.1, 0.15) is 26.5 Å². The zero-order chi connectivity index (χ0) is 15.1. The zero-order valence-electron chi connectivity index (χ0n) is 11.1. The number of hydrogen-bond donors (Lipinski definition) is 1. The Bertz CT molecular complexity index is 723. The number of hydrogen-bond acceptors (Lipinski definition) is 3. The van der Waals surface area contributed by atoms with Gasteiger partial charge in [0.1, 0.15) is 9.26 Å². The van der Waals surface area contributed by atoms with Crippen LogP contribution in [0.25, 0.3) is 11.5 Å². The molecule has 0 saturated carbocycles. The molecule has 0 aliphatic rings. The fourth-order valence-electron chi connectivity index (χ4n) is 1.66. The number of nitrogens with zero attached hydrogens (tertiary/aromatic N) is 2. The average molecular weight is 424 g/mol. The molecule has 0 bridgehead atoms. The summed E-state index contributed by atoms with van der Waals surface area (Å²) in [5, 5.41) is 0.782. The third kappa shape index (κ3) is 3.15. The van der Waals surface area contributed by atoms with Crippen LogP contribution in [0.3, 0.4) is 0 Å². The SMILES string of the molecule is CC(C)(C)c1nc(-c2ncc(Cl)cc2Cl)[nH]c(=O)c1I. The van der Waals surface area contributed by atoms with Crippen LogP contribution >= 0.6 is 45.8 Å². The molecule has 1 N–H and O–H groups in total. The van der Waals surface area contributed by atoms with Gasteiger partial charge in [0.25, 0.3) is 5.56 Å². The molecule has 0 radical (unpaired) electrons. The highest BCUT2D eigenvalue weighted by Gasteiger charge is 2.23. The van der Waals surface area contributed by atoms with E-state index < -0.39 is 0 Å². The van der Waals surface area contributed by atoms with Crippen LogP contribution < -0.4 is 5.56 Å². The van der Waals surface area contributed by atoms with Crippen molar-refractivity contribution in [1.82, 2.24) is 15.0 Å². The van der Waals surface area contributed by atoms with Gasteiger partial charge < -0.3 is 4.98 Å². The Morgan fingerprint density at radius 2 is 1.95 bits per heavy atom. The van der Waals surface area contributed by atoms with Gasteiger partial charge in [0.05, 0.1) is 15.7 Å². The monoisotopic (exact) mass is 423 g/mol. The molecule has 0 fully saturated rings. The summed E-state index contributed by atoms with van der Waals surface area (Å²) < 4.78 is 0.573. The van der Waals surface area contributed by atoms with Crippen LogP contribution in [0.4, 0.5) is 0 Å². The molecule has 20 heavy (non-hydrogen) atoms. The number of halogens is 3.